The third-order valence-electron chi connectivity index (χ3n) is 5.46. The molecule has 0 aliphatic carbocycles. The summed E-state index contributed by atoms with van der Waals surface area (Å²) in [4.78, 5) is 28.5. The molecule has 3 rings (SSSR count). The molecule has 0 fully saturated rings. The molecule has 0 aromatic heterocycles. The third kappa shape index (κ3) is 7.93. The minimum atomic E-state index is -0.595. The van der Waals surface area contributed by atoms with Gasteiger partial charge >= 0.3 is 0 Å². The largest absolute Gasteiger partial charge is 0.354 e. The first-order chi connectivity index (χ1) is 16.6. The number of amides is 2. The van der Waals surface area contributed by atoms with Crippen LogP contribution in [0.15, 0.2) is 84.9 Å². The van der Waals surface area contributed by atoms with E-state index in [0.29, 0.717) is 30.3 Å². The highest BCUT2D eigenvalue weighted by molar-refractivity contribution is 7.99. The maximum Gasteiger partial charge on any atom is 0.243 e. The Bertz CT molecular complexity index is 1050. The molecule has 34 heavy (non-hydrogen) atoms. The molecule has 0 unspecified atom stereocenters. The molecular weight excluding hydrogens is 464 g/mol. The van der Waals surface area contributed by atoms with Crippen molar-refractivity contribution in [1.29, 1.82) is 0 Å². The van der Waals surface area contributed by atoms with Crippen LogP contribution >= 0.6 is 23.4 Å². The number of carbonyl (C=O) groups excluding carboxylic acids is 2. The van der Waals surface area contributed by atoms with Crippen LogP contribution in [0.3, 0.4) is 0 Å². The monoisotopic (exact) mass is 494 g/mol. The zero-order valence-electron chi connectivity index (χ0n) is 19.5. The maximum absolute atomic E-state index is 13.5. The Morgan fingerprint density at radius 2 is 1.53 bits per heavy atom. The Hall–Kier alpha value is -2.76. The van der Waals surface area contributed by atoms with E-state index < -0.39 is 6.04 Å². The molecule has 0 heterocycles. The van der Waals surface area contributed by atoms with Gasteiger partial charge in [-0.3, -0.25) is 9.59 Å². The molecule has 178 valence electrons. The molecule has 4 nitrogen and oxygen atoms in total. The Balaban J connectivity index is 1.81. The van der Waals surface area contributed by atoms with Crippen LogP contribution in [-0.4, -0.2) is 35.1 Å². The molecule has 1 atom stereocenters. The highest BCUT2D eigenvalue weighted by Gasteiger charge is 2.30. The highest BCUT2D eigenvalue weighted by Crippen LogP contribution is 2.22. The summed E-state index contributed by atoms with van der Waals surface area (Å²) in [6.45, 7) is 2.98. The van der Waals surface area contributed by atoms with E-state index in [9.17, 15) is 9.59 Å². The summed E-state index contributed by atoms with van der Waals surface area (Å²) in [6.07, 6.45) is 1.30. The normalized spacial score (nSPS) is 11.6. The van der Waals surface area contributed by atoms with Gasteiger partial charge in [0.25, 0.3) is 0 Å². The standard InChI is InChI=1S/C28H31ClN2O2S/c1-2-17-30-28(33)26(18-22-11-5-3-6-12-22)31(19-23-13-7-4-8-14-23)27(32)21-34-20-24-15-9-10-16-25(24)29/h3-16,26H,2,17-21H2,1H3,(H,30,33)/t26-/m0/s1. The number of rotatable bonds is 12. The van der Waals surface area contributed by atoms with E-state index in [4.69, 9.17) is 11.6 Å². The van der Waals surface area contributed by atoms with Gasteiger partial charge in [0.15, 0.2) is 0 Å². The van der Waals surface area contributed by atoms with Gasteiger partial charge in [-0.1, -0.05) is 97.4 Å². The van der Waals surface area contributed by atoms with Crippen molar-refractivity contribution in [1.82, 2.24) is 10.2 Å². The first-order valence-electron chi connectivity index (χ1n) is 11.5. The fraction of sp³-hybridized carbons (Fsp3) is 0.286. The lowest BCUT2D eigenvalue weighted by atomic mass is 10.0. The molecule has 0 spiro atoms. The van der Waals surface area contributed by atoms with E-state index in [0.717, 1.165) is 23.1 Å². The first kappa shape index (κ1) is 25.9. The van der Waals surface area contributed by atoms with Gasteiger partial charge in [0.1, 0.15) is 6.04 Å². The molecule has 3 aromatic rings. The SMILES string of the molecule is CCCNC(=O)[C@H](Cc1ccccc1)N(Cc1ccccc1)C(=O)CSCc1ccccc1Cl. The van der Waals surface area contributed by atoms with Gasteiger partial charge in [0.05, 0.1) is 5.75 Å². The fourth-order valence-electron chi connectivity index (χ4n) is 3.65. The van der Waals surface area contributed by atoms with Crippen LogP contribution in [0.5, 0.6) is 0 Å². The van der Waals surface area contributed by atoms with Gasteiger partial charge in [-0.25, -0.2) is 0 Å². The van der Waals surface area contributed by atoms with E-state index in [1.54, 1.807) is 4.90 Å². The van der Waals surface area contributed by atoms with Crippen LogP contribution in [0.4, 0.5) is 0 Å². The zero-order chi connectivity index (χ0) is 24.2. The lowest BCUT2D eigenvalue weighted by molar-refractivity contribution is -0.139. The number of nitrogens with zero attached hydrogens (tertiary/aromatic N) is 1. The molecule has 0 aliphatic heterocycles. The van der Waals surface area contributed by atoms with Crippen molar-refractivity contribution in [2.24, 2.45) is 0 Å². The van der Waals surface area contributed by atoms with Crippen molar-refractivity contribution in [2.75, 3.05) is 12.3 Å². The van der Waals surface area contributed by atoms with Crippen molar-refractivity contribution in [3.8, 4) is 0 Å². The molecule has 0 radical (unpaired) electrons. The van der Waals surface area contributed by atoms with Crippen LogP contribution in [0.1, 0.15) is 30.0 Å². The molecule has 0 bridgehead atoms. The Labute approximate surface area is 211 Å². The van der Waals surface area contributed by atoms with Crippen molar-refractivity contribution >= 4 is 35.2 Å². The van der Waals surface area contributed by atoms with Crippen molar-refractivity contribution in [3.63, 3.8) is 0 Å². The summed E-state index contributed by atoms with van der Waals surface area (Å²) in [5, 5.41) is 3.70. The quantitative estimate of drug-likeness (QED) is 0.349. The second-order valence-corrected chi connectivity index (χ2v) is 9.48. The second kappa shape index (κ2) is 13.8. The third-order valence-corrected chi connectivity index (χ3v) is 6.79. The average Bonchev–Trinajstić information content (AvgIpc) is 2.87. The molecule has 0 aliphatic rings. The van der Waals surface area contributed by atoms with Crippen LogP contribution < -0.4 is 5.32 Å². The predicted molar refractivity (Wildman–Crippen MR) is 142 cm³/mol. The summed E-state index contributed by atoms with van der Waals surface area (Å²) in [6, 6.07) is 26.8. The van der Waals surface area contributed by atoms with Gasteiger partial charge in [-0.05, 0) is 29.2 Å². The van der Waals surface area contributed by atoms with Crippen LogP contribution in [0, 0.1) is 0 Å². The van der Waals surface area contributed by atoms with Gasteiger partial charge in [-0.2, -0.15) is 0 Å². The average molecular weight is 495 g/mol. The summed E-state index contributed by atoms with van der Waals surface area (Å²) in [5.41, 5.74) is 3.01. The van der Waals surface area contributed by atoms with E-state index in [2.05, 4.69) is 5.32 Å². The number of thioether (sulfide) groups is 1. The van der Waals surface area contributed by atoms with Crippen molar-refractivity contribution in [3.05, 3.63) is 107 Å². The zero-order valence-corrected chi connectivity index (χ0v) is 21.0. The van der Waals surface area contributed by atoms with E-state index in [-0.39, 0.29) is 17.6 Å². The topological polar surface area (TPSA) is 49.4 Å². The molecule has 6 heteroatoms. The van der Waals surface area contributed by atoms with Gasteiger partial charge < -0.3 is 10.2 Å². The summed E-state index contributed by atoms with van der Waals surface area (Å²) < 4.78 is 0. The van der Waals surface area contributed by atoms with Crippen LogP contribution in [0.2, 0.25) is 5.02 Å². The predicted octanol–water partition coefficient (Wildman–Crippen LogP) is 5.74. The number of benzene rings is 3. The van der Waals surface area contributed by atoms with Gasteiger partial charge in [0, 0.05) is 30.3 Å². The summed E-state index contributed by atoms with van der Waals surface area (Å²) in [7, 11) is 0. The number of hydrogen-bond acceptors (Lipinski definition) is 3. The number of hydrogen-bond donors (Lipinski definition) is 1. The van der Waals surface area contributed by atoms with E-state index in [1.807, 2.05) is 91.9 Å². The van der Waals surface area contributed by atoms with Crippen LogP contribution in [0.25, 0.3) is 0 Å². The Morgan fingerprint density at radius 1 is 0.912 bits per heavy atom. The fourth-order valence-corrected chi connectivity index (χ4v) is 4.84. The van der Waals surface area contributed by atoms with Crippen molar-refractivity contribution < 1.29 is 9.59 Å². The summed E-state index contributed by atoms with van der Waals surface area (Å²) in [5.74, 6) is 0.722. The number of carbonyl (C=O) groups is 2. The van der Waals surface area contributed by atoms with E-state index >= 15 is 0 Å². The lowest BCUT2D eigenvalue weighted by Crippen LogP contribution is -2.51. The number of halogens is 1. The van der Waals surface area contributed by atoms with Gasteiger partial charge in [0.2, 0.25) is 11.8 Å². The molecule has 1 N–H and O–H groups in total. The molecule has 3 aromatic carbocycles. The van der Waals surface area contributed by atoms with E-state index in [1.165, 1.54) is 11.8 Å². The molecule has 2 amide bonds. The smallest absolute Gasteiger partial charge is 0.243 e. The highest BCUT2D eigenvalue weighted by atomic mass is 35.5. The summed E-state index contributed by atoms with van der Waals surface area (Å²) >= 11 is 7.79. The van der Waals surface area contributed by atoms with Crippen molar-refractivity contribution in [2.45, 2.75) is 38.1 Å². The first-order valence-corrected chi connectivity index (χ1v) is 13.1. The lowest BCUT2D eigenvalue weighted by Gasteiger charge is -2.31. The minimum absolute atomic E-state index is 0.0616. The molecular formula is C28H31ClN2O2S. The molecule has 0 saturated heterocycles. The maximum atomic E-state index is 13.5. The van der Waals surface area contributed by atoms with Crippen LogP contribution in [-0.2, 0) is 28.3 Å². The van der Waals surface area contributed by atoms with Gasteiger partial charge in [-0.15, -0.1) is 11.8 Å². The Morgan fingerprint density at radius 3 is 2.18 bits per heavy atom. The Kier molecular flexibility index (Phi) is 10.5. The minimum Gasteiger partial charge on any atom is -0.354 e. The second-order valence-electron chi connectivity index (χ2n) is 8.09. The molecule has 0 saturated carbocycles. The number of nitrogens with one attached hydrogen (secondary N) is 1.